The van der Waals surface area contributed by atoms with Gasteiger partial charge < -0.3 is 24.5 Å². The molecule has 0 spiro atoms. The summed E-state index contributed by atoms with van der Waals surface area (Å²) in [5, 5.41) is 3.26. The van der Waals surface area contributed by atoms with Gasteiger partial charge in [-0.1, -0.05) is 0 Å². The summed E-state index contributed by atoms with van der Waals surface area (Å²) in [4.78, 5) is 7.55. The number of hydrogen-bond donors (Lipinski definition) is 2. The number of aromatic nitrogens is 2. The number of nitrogens with one attached hydrogen (secondary N) is 2. The van der Waals surface area contributed by atoms with Gasteiger partial charge >= 0.3 is 0 Å². The zero-order valence-electron chi connectivity index (χ0n) is 11.2. The lowest BCUT2D eigenvalue weighted by Gasteiger charge is -2.02. The first-order valence-electron chi connectivity index (χ1n) is 6.16. The van der Waals surface area contributed by atoms with Crippen LogP contribution in [0.1, 0.15) is 11.5 Å². The number of aromatic amines is 1. The van der Waals surface area contributed by atoms with E-state index in [0.29, 0.717) is 26.4 Å². The van der Waals surface area contributed by atoms with Gasteiger partial charge in [-0.05, 0) is 0 Å². The van der Waals surface area contributed by atoms with Crippen LogP contribution in [0.4, 0.5) is 0 Å². The molecule has 0 radical (unpaired) electrons. The van der Waals surface area contributed by atoms with Gasteiger partial charge in [0, 0.05) is 45.6 Å². The van der Waals surface area contributed by atoms with Crippen molar-refractivity contribution in [3.63, 3.8) is 0 Å². The fourth-order valence-electron chi connectivity index (χ4n) is 1.43. The molecule has 2 N–H and O–H groups in total. The normalized spacial score (nSPS) is 11.0. The van der Waals surface area contributed by atoms with E-state index >= 15 is 0 Å². The summed E-state index contributed by atoms with van der Waals surface area (Å²) in [5.74, 6) is 0.955. The van der Waals surface area contributed by atoms with E-state index in [2.05, 4.69) is 15.3 Å². The van der Waals surface area contributed by atoms with Crippen LogP contribution in [0, 0.1) is 0 Å². The van der Waals surface area contributed by atoms with Gasteiger partial charge in [-0.3, -0.25) is 0 Å². The van der Waals surface area contributed by atoms with Crippen molar-refractivity contribution in [3.8, 4) is 0 Å². The van der Waals surface area contributed by atoms with Gasteiger partial charge in [-0.2, -0.15) is 0 Å². The first-order chi connectivity index (χ1) is 8.86. The molecule has 0 aliphatic rings. The number of methoxy groups -OCH3 is 2. The molecule has 104 valence electrons. The highest BCUT2D eigenvalue weighted by molar-refractivity contribution is 5.01. The zero-order valence-corrected chi connectivity index (χ0v) is 11.2. The maximum atomic E-state index is 5.38. The minimum Gasteiger partial charge on any atom is -0.383 e. The highest BCUT2D eigenvalue weighted by Gasteiger charge is 2.00. The molecule has 0 aliphatic carbocycles. The summed E-state index contributed by atoms with van der Waals surface area (Å²) >= 11 is 0. The van der Waals surface area contributed by atoms with Crippen molar-refractivity contribution >= 4 is 0 Å². The van der Waals surface area contributed by atoms with Gasteiger partial charge in [0.05, 0.1) is 26.4 Å². The Bertz CT molecular complexity index is 305. The molecule has 0 fully saturated rings. The van der Waals surface area contributed by atoms with Gasteiger partial charge in [0.2, 0.25) is 0 Å². The van der Waals surface area contributed by atoms with Crippen molar-refractivity contribution in [2.24, 2.45) is 0 Å². The molecule has 0 aliphatic heterocycles. The van der Waals surface area contributed by atoms with Crippen molar-refractivity contribution in [2.75, 3.05) is 47.2 Å². The Labute approximate surface area is 108 Å². The Hall–Kier alpha value is -0.950. The van der Waals surface area contributed by atoms with Crippen LogP contribution in [0.2, 0.25) is 0 Å². The Morgan fingerprint density at radius 3 is 2.78 bits per heavy atom. The van der Waals surface area contributed by atoms with E-state index in [1.165, 1.54) is 0 Å². The second-order valence-electron chi connectivity index (χ2n) is 3.88. The average molecular weight is 257 g/mol. The minimum atomic E-state index is 0.628. The molecule has 0 saturated carbocycles. The van der Waals surface area contributed by atoms with Gasteiger partial charge in [-0.25, -0.2) is 4.98 Å². The van der Waals surface area contributed by atoms with Crippen LogP contribution in [0.15, 0.2) is 6.20 Å². The van der Waals surface area contributed by atoms with Crippen LogP contribution < -0.4 is 5.32 Å². The first-order valence-corrected chi connectivity index (χ1v) is 6.16. The fraction of sp³-hybridized carbons (Fsp3) is 0.750. The first kappa shape index (κ1) is 15.1. The van der Waals surface area contributed by atoms with Gasteiger partial charge in [0.15, 0.2) is 0 Å². The molecule has 0 atom stereocenters. The highest BCUT2D eigenvalue weighted by atomic mass is 16.5. The maximum Gasteiger partial charge on any atom is 0.108 e. The summed E-state index contributed by atoms with van der Waals surface area (Å²) in [7, 11) is 3.36. The molecule has 0 unspecified atom stereocenters. The van der Waals surface area contributed by atoms with Crippen LogP contribution in [0.3, 0.4) is 0 Å². The summed E-state index contributed by atoms with van der Waals surface area (Å²) < 4.78 is 15.2. The quantitative estimate of drug-likeness (QED) is 0.560. The molecular weight excluding hydrogens is 234 g/mol. The Morgan fingerprint density at radius 1 is 1.17 bits per heavy atom. The van der Waals surface area contributed by atoms with E-state index in [4.69, 9.17) is 14.2 Å². The predicted octanol–water partition coefficient (Wildman–Crippen LogP) is 0.351. The van der Waals surface area contributed by atoms with Crippen LogP contribution in [-0.4, -0.2) is 57.2 Å². The number of rotatable bonds is 11. The molecule has 1 rings (SSSR count). The Balaban J connectivity index is 2.10. The monoisotopic (exact) mass is 257 g/mol. The lowest BCUT2D eigenvalue weighted by molar-refractivity contribution is 0.0717. The molecule has 1 heterocycles. The van der Waals surface area contributed by atoms with E-state index < -0.39 is 0 Å². The number of nitrogens with zero attached hydrogens (tertiary/aromatic N) is 1. The standard InChI is InChI=1S/C12H23N3O3/c1-16-6-4-13-9-11-10-14-12(15-11)3-5-18-8-7-17-2/h10,13H,3-9H2,1-2H3,(H,14,15). The third-order valence-corrected chi connectivity index (χ3v) is 2.39. The summed E-state index contributed by atoms with van der Waals surface area (Å²) in [6, 6.07) is 0. The SMILES string of the molecule is COCCNCc1cnc(CCOCCOC)[nH]1. The minimum absolute atomic E-state index is 0.628. The second-order valence-corrected chi connectivity index (χ2v) is 3.88. The van der Waals surface area contributed by atoms with Crippen molar-refractivity contribution in [2.45, 2.75) is 13.0 Å². The van der Waals surface area contributed by atoms with E-state index in [-0.39, 0.29) is 0 Å². The van der Waals surface area contributed by atoms with Crippen LogP contribution in [0.5, 0.6) is 0 Å². The molecule has 0 bridgehead atoms. The van der Waals surface area contributed by atoms with E-state index in [1.54, 1.807) is 14.2 Å². The second kappa shape index (κ2) is 10.0. The Morgan fingerprint density at radius 2 is 2.00 bits per heavy atom. The molecule has 1 aromatic rings. The molecular formula is C12H23N3O3. The lowest BCUT2D eigenvalue weighted by atomic mass is 10.4. The molecule has 6 heteroatoms. The fourth-order valence-corrected chi connectivity index (χ4v) is 1.43. The number of imidazole rings is 1. The third kappa shape index (κ3) is 6.70. The van der Waals surface area contributed by atoms with E-state index in [0.717, 1.165) is 31.0 Å². The maximum absolute atomic E-state index is 5.38. The summed E-state index contributed by atoms with van der Waals surface area (Å²) in [6.07, 6.45) is 2.64. The van der Waals surface area contributed by atoms with Crippen LogP contribution in [0.25, 0.3) is 0 Å². The number of ether oxygens (including phenoxy) is 3. The lowest BCUT2D eigenvalue weighted by Crippen LogP contribution is -2.18. The van der Waals surface area contributed by atoms with E-state index in [9.17, 15) is 0 Å². The van der Waals surface area contributed by atoms with Crippen molar-refractivity contribution in [1.82, 2.24) is 15.3 Å². The van der Waals surface area contributed by atoms with Gasteiger partial charge in [-0.15, -0.1) is 0 Å². The topological polar surface area (TPSA) is 68.4 Å². The highest BCUT2D eigenvalue weighted by Crippen LogP contribution is 1.98. The smallest absolute Gasteiger partial charge is 0.108 e. The predicted molar refractivity (Wildman–Crippen MR) is 68.6 cm³/mol. The summed E-state index contributed by atoms with van der Waals surface area (Å²) in [6.45, 7) is 4.25. The molecule has 1 aromatic heterocycles. The van der Waals surface area contributed by atoms with Gasteiger partial charge in [0.25, 0.3) is 0 Å². The van der Waals surface area contributed by atoms with Crippen molar-refractivity contribution < 1.29 is 14.2 Å². The molecule has 0 aromatic carbocycles. The molecule has 0 saturated heterocycles. The average Bonchev–Trinajstić information content (AvgIpc) is 2.82. The van der Waals surface area contributed by atoms with Crippen molar-refractivity contribution in [3.05, 3.63) is 17.7 Å². The van der Waals surface area contributed by atoms with Crippen molar-refractivity contribution in [1.29, 1.82) is 0 Å². The largest absolute Gasteiger partial charge is 0.383 e. The molecule has 6 nitrogen and oxygen atoms in total. The van der Waals surface area contributed by atoms with Crippen LogP contribution in [-0.2, 0) is 27.2 Å². The number of hydrogen-bond acceptors (Lipinski definition) is 5. The summed E-state index contributed by atoms with van der Waals surface area (Å²) in [5.41, 5.74) is 1.08. The molecule has 18 heavy (non-hydrogen) atoms. The van der Waals surface area contributed by atoms with Gasteiger partial charge in [0.1, 0.15) is 5.82 Å². The zero-order chi connectivity index (χ0) is 13.1. The molecule has 0 amide bonds. The number of H-pyrrole nitrogens is 1. The van der Waals surface area contributed by atoms with E-state index in [1.807, 2.05) is 6.20 Å². The third-order valence-electron chi connectivity index (χ3n) is 2.39. The van der Waals surface area contributed by atoms with Crippen LogP contribution >= 0.6 is 0 Å². The Kier molecular flexibility index (Phi) is 8.41.